The Kier molecular flexibility index (Phi) is 5.81. The van der Waals surface area contributed by atoms with Gasteiger partial charge < -0.3 is 10.6 Å². The predicted molar refractivity (Wildman–Crippen MR) is 116 cm³/mol. The molecular weight excluding hydrogens is 432 g/mol. The van der Waals surface area contributed by atoms with Crippen molar-refractivity contribution in [1.29, 1.82) is 0 Å². The summed E-state index contributed by atoms with van der Waals surface area (Å²) in [7, 11) is -3.71. The van der Waals surface area contributed by atoms with E-state index in [2.05, 4.69) is 10.6 Å². The van der Waals surface area contributed by atoms with Crippen molar-refractivity contribution in [3.8, 4) is 0 Å². The van der Waals surface area contributed by atoms with Crippen LogP contribution in [0.4, 0.5) is 16.2 Å². The molecule has 1 aromatic carbocycles. The van der Waals surface area contributed by atoms with Crippen LogP contribution in [0.1, 0.15) is 9.67 Å². The summed E-state index contributed by atoms with van der Waals surface area (Å²) in [5.41, 5.74) is 1.17. The molecular formula is C18H20N4O4S3. The second-order valence-corrected chi connectivity index (χ2v) is 10.6. The van der Waals surface area contributed by atoms with Crippen molar-refractivity contribution < 1.29 is 18.0 Å². The van der Waals surface area contributed by atoms with E-state index in [1.807, 2.05) is 0 Å². The van der Waals surface area contributed by atoms with E-state index in [1.54, 1.807) is 46.3 Å². The Labute approximate surface area is 177 Å². The summed E-state index contributed by atoms with van der Waals surface area (Å²) in [6.45, 7) is 2.02. The molecule has 0 bridgehead atoms. The second-order valence-electron chi connectivity index (χ2n) is 6.52. The van der Waals surface area contributed by atoms with Gasteiger partial charge in [0, 0.05) is 49.1 Å². The van der Waals surface area contributed by atoms with E-state index in [1.165, 1.54) is 10.4 Å². The van der Waals surface area contributed by atoms with Gasteiger partial charge in [0.15, 0.2) is 0 Å². The number of thioether (sulfide) groups is 1. The lowest BCUT2D eigenvalue weighted by atomic mass is 10.2. The van der Waals surface area contributed by atoms with Crippen LogP contribution in [-0.2, 0) is 10.0 Å². The Balaban J connectivity index is 1.55. The summed E-state index contributed by atoms with van der Waals surface area (Å²) < 4.78 is 27.4. The lowest BCUT2D eigenvalue weighted by molar-refractivity contribution is 0.102. The van der Waals surface area contributed by atoms with Gasteiger partial charge in [0.25, 0.3) is 5.91 Å². The molecule has 0 spiro atoms. The first-order chi connectivity index (χ1) is 14.0. The zero-order valence-corrected chi connectivity index (χ0v) is 17.9. The standard InChI is InChI=1S/C18H20N4O4S3/c23-17(20-13-2-1-3-14(12-13)22-6-5-19-18(22)24)16-15(4-9-28-16)29(25,26)21-7-10-27-11-8-21/h1-4,9,12H,5-8,10-11H2,(H,19,24)(H,20,23). The Morgan fingerprint density at radius 1 is 1.14 bits per heavy atom. The quantitative estimate of drug-likeness (QED) is 0.725. The number of urea groups is 1. The molecule has 3 amide bonds. The van der Waals surface area contributed by atoms with Crippen LogP contribution in [0.5, 0.6) is 0 Å². The van der Waals surface area contributed by atoms with Gasteiger partial charge in [0.2, 0.25) is 10.0 Å². The van der Waals surface area contributed by atoms with Gasteiger partial charge >= 0.3 is 6.03 Å². The molecule has 29 heavy (non-hydrogen) atoms. The van der Waals surface area contributed by atoms with Gasteiger partial charge in [-0.1, -0.05) is 6.07 Å². The highest BCUT2D eigenvalue weighted by molar-refractivity contribution is 7.99. The highest BCUT2D eigenvalue weighted by Gasteiger charge is 2.31. The van der Waals surface area contributed by atoms with Crippen LogP contribution < -0.4 is 15.5 Å². The van der Waals surface area contributed by atoms with E-state index in [0.717, 1.165) is 22.8 Å². The minimum atomic E-state index is -3.71. The molecule has 2 N–H and O–H groups in total. The first-order valence-electron chi connectivity index (χ1n) is 9.09. The van der Waals surface area contributed by atoms with Crippen molar-refractivity contribution >= 4 is 56.4 Å². The molecule has 11 heteroatoms. The van der Waals surface area contributed by atoms with Crippen molar-refractivity contribution in [2.75, 3.05) is 47.9 Å². The van der Waals surface area contributed by atoms with Crippen molar-refractivity contribution in [3.05, 3.63) is 40.6 Å². The average Bonchev–Trinajstić information content (AvgIpc) is 3.38. The van der Waals surface area contributed by atoms with Gasteiger partial charge in [-0.2, -0.15) is 16.1 Å². The maximum absolute atomic E-state index is 13.0. The van der Waals surface area contributed by atoms with Gasteiger partial charge in [-0.25, -0.2) is 13.2 Å². The predicted octanol–water partition coefficient (Wildman–Crippen LogP) is 2.27. The van der Waals surface area contributed by atoms with Crippen LogP contribution >= 0.6 is 23.1 Å². The van der Waals surface area contributed by atoms with E-state index in [4.69, 9.17) is 0 Å². The largest absolute Gasteiger partial charge is 0.336 e. The summed E-state index contributed by atoms with van der Waals surface area (Å²) in [5, 5.41) is 7.12. The summed E-state index contributed by atoms with van der Waals surface area (Å²) in [6, 6.07) is 8.25. The van der Waals surface area contributed by atoms with Crippen LogP contribution in [0.3, 0.4) is 0 Å². The molecule has 0 saturated carbocycles. The van der Waals surface area contributed by atoms with E-state index < -0.39 is 15.9 Å². The monoisotopic (exact) mass is 452 g/mol. The minimum absolute atomic E-state index is 0.0435. The Morgan fingerprint density at radius 2 is 1.93 bits per heavy atom. The van der Waals surface area contributed by atoms with E-state index in [-0.39, 0.29) is 15.8 Å². The highest BCUT2D eigenvalue weighted by atomic mass is 32.2. The number of benzene rings is 1. The summed E-state index contributed by atoms with van der Waals surface area (Å²) >= 11 is 2.82. The topological polar surface area (TPSA) is 98.8 Å². The van der Waals surface area contributed by atoms with Crippen LogP contribution in [0.2, 0.25) is 0 Å². The minimum Gasteiger partial charge on any atom is -0.336 e. The number of anilines is 2. The van der Waals surface area contributed by atoms with Crippen LogP contribution in [0.15, 0.2) is 40.6 Å². The Hall–Kier alpha value is -2.08. The molecule has 0 atom stereocenters. The molecule has 0 radical (unpaired) electrons. The fourth-order valence-electron chi connectivity index (χ4n) is 3.25. The number of hydrogen-bond acceptors (Lipinski definition) is 6. The van der Waals surface area contributed by atoms with Crippen molar-refractivity contribution in [1.82, 2.24) is 9.62 Å². The number of amides is 3. The summed E-state index contributed by atoms with van der Waals surface area (Å²) in [5.74, 6) is 1.02. The molecule has 0 unspecified atom stereocenters. The van der Waals surface area contributed by atoms with Crippen molar-refractivity contribution in [2.24, 2.45) is 0 Å². The Morgan fingerprint density at radius 3 is 2.66 bits per heavy atom. The van der Waals surface area contributed by atoms with Gasteiger partial charge in [-0.15, -0.1) is 11.3 Å². The normalized spacial score (nSPS) is 17.9. The summed E-state index contributed by atoms with van der Waals surface area (Å²) in [4.78, 5) is 26.5. The third-order valence-corrected chi connectivity index (χ3v) is 8.62. The maximum Gasteiger partial charge on any atom is 0.321 e. The number of nitrogens with one attached hydrogen (secondary N) is 2. The van der Waals surface area contributed by atoms with Gasteiger partial charge in [0.05, 0.1) is 0 Å². The molecule has 2 fully saturated rings. The van der Waals surface area contributed by atoms with Gasteiger partial charge in [-0.05, 0) is 29.6 Å². The first-order valence-corrected chi connectivity index (χ1v) is 12.6. The zero-order chi connectivity index (χ0) is 20.4. The van der Waals surface area contributed by atoms with Crippen molar-refractivity contribution in [2.45, 2.75) is 4.90 Å². The fraction of sp³-hybridized carbons (Fsp3) is 0.333. The van der Waals surface area contributed by atoms with E-state index in [9.17, 15) is 18.0 Å². The molecule has 2 aliphatic rings. The molecule has 8 nitrogen and oxygen atoms in total. The number of rotatable bonds is 5. The van der Waals surface area contributed by atoms with Crippen LogP contribution in [-0.4, -0.2) is 62.3 Å². The molecule has 154 valence electrons. The Bertz CT molecular complexity index is 1030. The molecule has 1 aromatic heterocycles. The lowest BCUT2D eigenvalue weighted by Crippen LogP contribution is -2.38. The number of sulfonamides is 1. The molecule has 0 aliphatic carbocycles. The summed E-state index contributed by atoms with van der Waals surface area (Å²) in [6.07, 6.45) is 0. The number of thiophene rings is 1. The SMILES string of the molecule is O=C(Nc1cccc(N2CCNC2=O)c1)c1sccc1S(=O)(=O)N1CCSCC1. The van der Waals surface area contributed by atoms with E-state index in [0.29, 0.717) is 37.6 Å². The number of carbonyl (C=O) groups excluding carboxylic acids is 2. The van der Waals surface area contributed by atoms with Gasteiger partial charge in [-0.3, -0.25) is 9.69 Å². The third kappa shape index (κ3) is 4.13. The maximum atomic E-state index is 13.0. The molecule has 2 saturated heterocycles. The average molecular weight is 453 g/mol. The fourth-order valence-corrected chi connectivity index (χ4v) is 7.12. The third-order valence-electron chi connectivity index (χ3n) is 4.70. The number of hydrogen-bond donors (Lipinski definition) is 2. The zero-order valence-electron chi connectivity index (χ0n) is 15.5. The van der Waals surface area contributed by atoms with Gasteiger partial charge in [0.1, 0.15) is 9.77 Å². The van der Waals surface area contributed by atoms with E-state index >= 15 is 0 Å². The smallest absolute Gasteiger partial charge is 0.321 e. The molecule has 2 aromatic rings. The number of carbonyl (C=O) groups is 2. The van der Waals surface area contributed by atoms with Crippen LogP contribution in [0.25, 0.3) is 0 Å². The van der Waals surface area contributed by atoms with Crippen molar-refractivity contribution in [3.63, 3.8) is 0 Å². The molecule has 4 rings (SSSR count). The highest BCUT2D eigenvalue weighted by Crippen LogP contribution is 2.28. The first kappa shape index (κ1) is 20.2. The molecule has 3 heterocycles. The molecule has 2 aliphatic heterocycles. The number of nitrogens with zero attached hydrogens (tertiary/aromatic N) is 2. The van der Waals surface area contributed by atoms with Crippen LogP contribution in [0, 0.1) is 0 Å². The lowest BCUT2D eigenvalue weighted by Gasteiger charge is -2.25. The second kappa shape index (κ2) is 8.34.